The summed E-state index contributed by atoms with van der Waals surface area (Å²) in [7, 11) is 0. The van der Waals surface area contributed by atoms with E-state index in [1.54, 1.807) is 0 Å². The molecule has 0 aliphatic rings. The van der Waals surface area contributed by atoms with Crippen molar-refractivity contribution in [1.29, 1.82) is 0 Å². The molecule has 0 saturated carbocycles. The number of aromatic nitrogens is 5. The Morgan fingerprint density at radius 3 is 1.59 bits per heavy atom. The van der Waals surface area contributed by atoms with Gasteiger partial charge in [-0.1, -0.05) is 98.8 Å². The highest BCUT2D eigenvalue weighted by Crippen LogP contribution is 2.40. The predicted molar refractivity (Wildman–Crippen MR) is 243 cm³/mol. The van der Waals surface area contributed by atoms with Gasteiger partial charge in [0, 0.05) is 51.9 Å². The average Bonchev–Trinajstić information content (AvgIpc) is 3.78. The lowest BCUT2D eigenvalue weighted by atomic mass is 9.96. The molecule has 0 aliphatic heterocycles. The summed E-state index contributed by atoms with van der Waals surface area (Å²) in [5, 5.41) is 2.08. The van der Waals surface area contributed by atoms with E-state index in [-0.39, 0.29) is 0 Å². The topological polar surface area (TPSA) is 74.5 Å². The van der Waals surface area contributed by atoms with Gasteiger partial charge in [-0.05, 0) is 114 Å². The Morgan fingerprint density at radius 2 is 1.00 bits per heavy atom. The zero-order chi connectivity index (χ0) is 39.6. The Labute approximate surface area is 338 Å². The van der Waals surface area contributed by atoms with Crippen LogP contribution in [0, 0.1) is 0 Å². The van der Waals surface area contributed by atoms with E-state index >= 15 is 0 Å². The average molecular weight is 751 g/mol. The molecule has 0 bridgehead atoms. The SMILES string of the molecule is C/C=C\c1c(N)c2cc(-c3ccccc3-c3ccccn3)ccc2n1-c1cccc(-n2c3ccc(-c4ccccc4-c4ccccn4)cc3c3ncccc32)c1.CC. The van der Waals surface area contributed by atoms with Crippen LogP contribution in [0.15, 0.2) is 182 Å². The van der Waals surface area contributed by atoms with E-state index < -0.39 is 0 Å². The van der Waals surface area contributed by atoms with E-state index in [0.29, 0.717) is 0 Å². The number of pyridine rings is 3. The highest BCUT2D eigenvalue weighted by Gasteiger charge is 2.20. The number of nitrogen functional groups attached to an aromatic ring is 1. The summed E-state index contributed by atoms with van der Waals surface area (Å²) in [5.41, 5.74) is 23.4. The number of allylic oxidation sites excluding steroid dienone is 1. The molecular weight excluding hydrogens is 709 g/mol. The summed E-state index contributed by atoms with van der Waals surface area (Å²) in [4.78, 5) is 14.2. The quantitative estimate of drug-likeness (QED) is 0.176. The molecule has 5 heterocycles. The van der Waals surface area contributed by atoms with Gasteiger partial charge in [-0.3, -0.25) is 15.0 Å². The molecule has 2 N–H and O–H groups in total. The van der Waals surface area contributed by atoms with Gasteiger partial charge < -0.3 is 14.9 Å². The smallest absolute Gasteiger partial charge is 0.0963 e. The van der Waals surface area contributed by atoms with Crippen LogP contribution >= 0.6 is 0 Å². The molecule has 5 aromatic heterocycles. The normalized spacial score (nSPS) is 11.4. The van der Waals surface area contributed by atoms with Gasteiger partial charge >= 0.3 is 0 Å². The second-order valence-electron chi connectivity index (χ2n) is 13.8. The largest absolute Gasteiger partial charge is 0.396 e. The number of fused-ring (bicyclic) bond motifs is 4. The lowest BCUT2D eigenvalue weighted by molar-refractivity contribution is 1.09. The molecule has 0 amide bonds. The van der Waals surface area contributed by atoms with Crippen molar-refractivity contribution in [3.05, 3.63) is 188 Å². The fourth-order valence-corrected chi connectivity index (χ4v) is 8.12. The molecule has 0 aliphatic carbocycles. The molecule has 6 heteroatoms. The van der Waals surface area contributed by atoms with Gasteiger partial charge in [0.2, 0.25) is 0 Å². The van der Waals surface area contributed by atoms with E-state index in [1.165, 1.54) is 0 Å². The van der Waals surface area contributed by atoms with Crippen molar-refractivity contribution in [2.75, 3.05) is 5.73 Å². The minimum Gasteiger partial charge on any atom is -0.396 e. The fourth-order valence-electron chi connectivity index (χ4n) is 8.12. The van der Waals surface area contributed by atoms with Crippen LogP contribution in [0.5, 0.6) is 0 Å². The van der Waals surface area contributed by atoms with Gasteiger partial charge in [-0.2, -0.15) is 0 Å². The first kappa shape index (κ1) is 36.1. The molecule has 0 fully saturated rings. The molecule has 280 valence electrons. The first-order valence-electron chi connectivity index (χ1n) is 19.8. The molecule has 0 spiro atoms. The zero-order valence-corrected chi connectivity index (χ0v) is 32.7. The Kier molecular flexibility index (Phi) is 9.66. The number of hydrogen-bond acceptors (Lipinski definition) is 4. The first-order chi connectivity index (χ1) is 28.7. The maximum atomic E-state index is 7.05. The van der Waals surface area contributed by atoms with Crippen LogP contribution in [0.2, 0.25) is 0 Å². The summed E-state index contributed by atoms with van der Waals surface area (Å²) in [6, 6.07) is 55.0. The van der Waals surface area contributed by atoms with Crippen LogP contribution in [0.4, 0.5) is 5.69 Å². The second-order valence-corrected chi connectivity index (χ2v) is 13.8. The summed E-state index contributed by atoms with van der Waals surface area (Å²) in [6.45, 7) is 6.03. The van der Waals surface area contributed by atoms with Crippen LogP contribution < -0.4 is 5.73 Å². The lowest BCUT2D eigenvalue weighted by Gasteiger charge is -2.14. The molecule has 0 saturated heterocycles. The van der Waals surface area contributed by atoms with Crippen molar-refractivity contribution >= 4 is 44.6 Å². The van der Waals surface area contributed by atoms with Crippen molar-refractivity contribution < 1.29 is 0 Å². The molecule has 0 unspecified atom stereocenters. The highest BCUT2D eigenvalue weighted by atomic mass is 15.0. The molecular formula is C52H42N6. The van der Waals surface area contributed by atoms with E-state index in [4.69, 9.17) is 10.7 Å². The minimum atomic E-state index is 0.736. The number of benzene rings is 5. The third kappa shape index (κ3) is 6.21. The van der Waals surface area contributed by atoms with E-state index in [9.17, 15) is 0 Å². The van der Waals surface area contributed by atoms with E-state index in [0.717, 1.165) is 100 Å². The monoisotopic (exact) mass is 750 g/mol. The van der Waals surface area contributed by atoms with Crippen LogP contribution in [-0.2, 0) is 0 Å². The van der Waals surface area contributed by atoms with Crippen molar-refractivity contribution in [1.82, 2.24) is 24.1 Å². The Morgan fingerprint density at radius 1 is 0.466 bits per heavy atom. The van der Waals surface area contributed by atoms with Gasteiger partial charge in [0.25, 0.3) is 0 Å². The number of hydrogen-bond donors (Lipinski definition) is 1. The minimum absolute atomic E-state index is 0.736. The van der Waals surface area contributed by atoms with Gasteiger partial charge in [0.15, 0.2) is 0 Å². The number of nitrogens with two attached hydrogens (primary N) is 1. The first-order valence-corrected chi connectivity index (χ1v) is 19.8. The third-order valence-electron chi connectivity index (χ3n) is 10.6. The van der Waals surface area contributed by atoms with Crippen LogP contribution in [-0.4, -0.2) is 24.1 Å². The second kappa shape index (κ2) is 15.5. The van der Waals surface area contributed by atoms with Crippen molar-refractivity contribution in [3.8, 4) is 56.1 Å². The number of nitrogens with zero attached hydrogens (tertiary/aromatic N) is 5. The molecule has 6 nitrogen and oxygen atoms in total. The molecule has 58 heavy (non-hydrogen) atoms. The van der Waals surface area contributed by atoms with Crippen LogP contribution in [0.1, 0.15) is 26.5 Å². The molecule has 0 atom stereocenters. The summed E-state index contributed by atoms with van der Waals surface area (Å²) < 4.78 is 4.58. The number of anilines is 1. The fraction of sp³-hybridized carbons (Fsp3) is 0.0577. The van der Waals surface area contributed by atoms with Gasteiger partial charge in [-0.25, -0.2) is 0 Å². The van der Waals surface area contributed by atoms with Crippen LogP contribution in [0.25, 0.3) is 95.1 Å². The molecule has 10 rings (SSSR count). The maximum absolute atomic E-state index is 7.05. The Bertz CT molecular complexity index is 3100. The Hall–Kier alpha value is -7.57. The van der Waals surface area contributed by atoms with Gasteiger partial charge in [0.1, 0.15) is 0 Å². The third-order valence-corrected chi connectivity index (χ3v) is 10.6. The molecule has 10 aromatic rings. The molecule has 5 aromatic carbocycles. The van der Waals surface area contributed by atoms with E-state index in [1.807, 2.05) is 81.8 Å². The maximum Gasteiger partial charge on any atom is 0.0963 e. The van der Waals surface area contributed by atoms with Gasteiger partial charge in [-0.15, -0.1) is 0 Å². The number of rotatable bonds is 7. The predicted octanol–water partition coefficient (Wildman–Crippen LogP) is 13.2. The Balaban J connectivity index is 0.00000215. The van der Waals surface area contributed by atoms with Crippen molar-refractivity contribution in [2.45, 2.75) is 20.8 Å². The van der Waals surface area contributed by atoms with Crippen molar-refractivity contribution in [2.24, 2.45) is 0 Å². The van der Waals surface area contributed by atoms with Crippen LogP contribution in [0.3, 0.4) is 0 Å². The summed E-state index contributed by atoms with van der Waals surface area (Å²) >= 11 is 0. The van der Waals surface area contributed by atoms with Gasteiger partial charge in [0.05, 0.1) is 44.8 Å². The zero-order valence-electron chi connectivity index (χ0n) is 32.7. The molecule has 0 radical (unpaired) electrons. The highest BCUT2D eigenvalue weighted by molar-refractivity contribution is 6.09. The van der Waals surface area contributed by atoms with Crippen molar-refractivity contribution in [3.63, 3.8) is 0 Å². The summed E-state index contributed by atoms with van der Waals surface area (Å²) in [5.74, 6) is 0. The standard InChI is InChI=1S/C50H36N6.C2H6/c1-2-13-47-49(51)41-30-33(37-16-3-5-18-39(37)43-20-7-9-27-52-43)23-25-45(41)55(47)35-14-11-15-36(32-35)56-46-26-24-34(31-42(46)50-48(56)22-12-29-54-50)38-17-4-6-19-40(38)44-21-8-10-28-53-44;1-2/h2-32H,51H2,1H3;1-2H3/b13-2-;. The summed E-state index contributed by atoms with van der Waals surface area (Å²) in [6.07, 6.45) is 9.69. The lowest BCUT2D eigenvalue weighted by Crippen LogP contribution is -2.01. The van der Waals surface area contributed by atoms with E-state index in [2.05, 4.69) is 147 Å².